The number of allylic oxidation sites excluding steroid dienone is 1. The van der Waals surface area contributed by atoms with Crippen LogP contribution in [0.5, 0.6) is 5.75 Å². The summed E-state index contributed by atoms with van der Waals surface area (Å²) in [6.45, 7) is 13.0. The quantitative estimate of drug-likeness (QED) is 0.137. The molecular weight excluding hydrogens is 817 g/mol. The maximum atomic E-state index is 14.2. The highest BCUT2D eigenvalue weighted by molar-refractivity contribution is 5.89. The fraction of sp³-hybridized carbons (Fsp3) is 0.771. The van der Waals surface area contributed by atoms with E-state index in [1.807, 2.05) is 0 Å². The molecule has 7 rings (SSSR count). The highest BCUT2D eigenvalue weighted by Crippen LogP contribution is 2.73. The Morgan fingerprint density at radius 1 is 0.841 bits per heavy atom. The predicted octanol–water partition coefficient (Wildman–Crippen LogP) is 4.41. The fourth-order valence-electron chi connectivity index (χ4n) is 12.7. The third kappa shape index (κ3) is 8.64. The number of methoxy groups -OCH3 is 1. The molecule has 0 aromatic heterocycles. The summed E-state index contributed by atoms with van der Waals surface area (Å²) in [5.41, 5.74) is -1.49. The van der Waals surface area contributed by atoms with Gasteiger partial charge in [-0.3, -0.25) is 9.59 Å². The molecule has 0 unspecified atom stereocenters. The second kappa shape index (κ2) is 18.4. The molecule has 352 valence electrons. The zero-order chi connectivity index (χ0) is 45.8. The van der Waals surface area contributed by atoms with E-state index in [-0.39, 0.29) is 59.1 Å². The van der Waals surface area contributed by atoms with Crippen molar-refractivity contribution in [2.24, 2.45) is 39.9 Å². The van der Waals surface area contributed by atoms with Gasteiger partial charge in [0.15, 0.2) is 24.8 Å². The number of benzene rings is 1. The van der Waals surface area contributed by atoms with E-state index in [2.05, 4.69) is 40.7 Å². The summed E-state index contributed by atoms with van der Waals surface area (Å²) in [6.07, 6.45) is -5.33. The number of carbonyl (C=O) groups is 3. The van der Waals surface area contributed by atoms with Crippen LogP contribution in [0.15, 0.2) is 35.9 Å². The van der Waals surface area contributed by atoms with Crippen LogP contribution in [0.25, 0.3) is 0 Å². The van der Waals surface area contributed by atoms with Crippen LogP contribution in [-0.2, 0) is 38.0 Å². The first-order chi connectivity index (χ1) is 29.7. The number of fused-ring (bicyclic) bond motifs is 5. The number of Topliss-reactive ketones (excluding diaryl/α,β-unsaturated/α-hetero) is 1. The highest BCUT2D eigenvalue weighted by atomic mass is 16.8. The van der Waals surface area contributed by atoms with Gasteiger partial charge in [0.2, 0.25) is 0 Å². The molecule has 1 aromatic carbocycles. The second-order valence-corrected chi connectivity index (χ2v) is 20.4. The molecule has 63 heavy (non-hydrogen) atoms. The van der Waals surface area contributed by atoms with Crippen LogP contribution in [0.1, 0.15) is 117 Å². The first-order valence-corrected chi connectivity index (χ1v) is 22.9. The van der Waals surface area contributed by atoms with E-state index in [4.69, 9.17) is 33.2 Å². The number of ketones is 1. The van der Waals surface area contributed by atoms with Crippen LogP contribution in [0, 0.1) is 39.9 Å². The number of esters is 2. The zero-order valence-corrected chi connectivity index (χ0v) is 38.1. The predicted molar refractivity (Wildman–Crippen MR) is 226 cm³/mol. The Morgan fingerprint density at radius 2 is 1.51 bits per heavy atom. The van der Waals surface area contributed by atoms with Crippen molar-refractivity contribution in [2.45, 2.75) is 173 Å². The van der Waals surface area contributed by atoms with E-state index >= 15 is 0 Å². The topological polar surface area (TPSA) is 217 Å². The summed E-state index contributed by atoms with van der Waals surface area (Å²) in [5, 5.41) is 57.3. The average Bonchev–Trinajstić information content (AvgIpc) is 3.48. The summed E-state index contributed by atoms with van der Waals surface area (Å²) in [5.74, 6) is -1.61. The molecule has 15 heteroatoms. The highest BCUT2D eigenvalue weighted by Gasteiger charge is 2.73. The van der Waals surface area contributed by atoms with Crippen LogP contribution < -0.4 is 4.74 Å². The Hall–Kier alpha value is -2.99. The third-order valence-electron chi connectivity index (χ3n) is 16.3. The van der Waals surface area contributed by atoms with Crippen molar-refractivity contribution in [2.75, 3.05) is 20.3 Å². The molecule has 5 fully saturated rings. The minimum absolute atomic E-state index is 0.0730. The number of carbonyl (C=O) groups excluding carboxylic acids is 3. The fourth-order valence-corrected chi connectivity index (χ4v) is 12.7. The van der Waals surface area contributed by atoms with Gasteiger partial charge in [-0.05, 0) is 104 Å². The number of ether oxygens (including phenoxy) is 7. The molecule has 2 heterocycles. The molecule has 0 radical (unpaired) electrons. The minimum Gasteiger partial charge on any atom is -0.497 e. The summed E-state index contributed by atoms with van der Waals surface area (Å²) in [6, 6.07) is 6.05. The SMILES string of the molecule is COc1ccc(C(=O)O[C@H]2[C@H](O[C@@H]3[C@@H](OC(C)=O)[C@@H](O[C@H]4C[C@H]5[C@]6(C)CC=C7C[C@@H](O)CC[C@]7(C)[C@H]6CC[C@]5(C)[C@@]4(O)[C@H](C)C(=O)CCC(C)C)OC[C@@H]3O)OC[C@@H](O)[C@@H]2O)cc1. The average molecular weight is 887 g/mol. The number of rotatable bonds is 13. The molecular formula is C48H70O15. The lowest BCUT2D eigenvalue weighted by Gasteiger charge is -2.64. The molecule has 1 aromatic rings. The van der Waals surface area contributed by atoms with Gasteiger partial charge in [-0.2, -0.15) is 0 Å². The molecule has 0 spiro atoms. The van der Waals surface area contributed by atoms with Gasteiger partial charge in [-0.15, -0.1) is 0 Å². The molecule has 4 aliphatic carbocycles. The van der Waals surface area contributed by atoms with Gasteiger partial charge in [0.1, 0.15) is 41.5 Å². The van der Waals surface area contributed by atoms with Gasteiger partial charge in [-0.1, -0.05) is 53.2 Å². The Morgan fingerprint density at radius 3 is 2.16 bits per heavy atom. The molecule has 3 saturated carbocycles. The zero-order valence-electron chi connectivity index (χ0n) is 38.1. The van der Waals surface area contributed by atoms with Gasteiger partial charge in [0.25, 0.3) is 0 Å². The van der Waals surface area contributed by atoms with E-state index in [0.29, 0.717) is 31.4 Å². The summed E-state index contributed by atoms with van der Waals surface area (Å²) in [4.78, 5) is 40.4. The van der Waals surface area contributed by atoms with E-state index in [9.17, 15) is 39.9 Å². The molecule has 2 saturated heterocycles. The number of hydrogen-bond donors (Lipinski definition) is 5. The van der Waals surface area contributed by atoms with Gasteiger partial charge >= 0.3 is 11.9 Å². The lowest BCUT2D eigenvalue weighted by molar-refractivity contribution is -0.345. The minimum atomic E-state index is -1.70. The van der Waals surface area contributed by atoms with Crippen LogP contribution in [-0.4, -0.2) is 131 Å². The molecule has 5 N–H and O–H groups in total. The van der Waals surface area contributed by atoms with E-state index < -0.39 is 90.8 Å². The lowest BCUT2D eigenvalue weighted by atomic mass is 9.41. The lowest BCUT2D eigenvalue weighted by Crippen LogP contribution is -2.65. The van der Waals surface area contributed by atoms with Gasteiger partial charge in [0, 0.05) is 24.7 Å². The summed E-state index contributed by atoms with van der Waals surface area (Å²) in [7, 11) is 1.48. The van der Waals surface area contributed by atoms with E-state index in [1.165, 1.54) is 31.7 Å². The van der Waals surface area contributed by atoms with Crippen molar-refractivity contribution in [3.63, 3.8) is 0 Å². The van der Waals surface area contributed by atoms with Crippen molar-refractivity contribution >= 4 is 17.7 Å². The van der Waals surface area contributed by atoms with Crippen LogP contribution in [0.4, 0.5) is 0 Å². The second-order valence-electron chi connectivity index (χ2n) is 20.4. The molecule has 17 atom stereocenters. The van der Waals surface area contributed by atoms with Gasteiger partial charge in [0.05, 0.1) is 38.1 Å². The number of aliphatic hydroxyl groups excluding tert-OH is 4. The molecule has 6 aliphatic rings. The number of hydrogen-bond acceptors (Lipinski definition) is 15. The molecule has 0 bridgehead atoms. The van der Waals surface area contributed by atoms with Crippen LogP contribution in [0.2, 0.25) is 0 Å². The first kappa shape index (κ1) is 48.0. The summed E-state index contributed by atoms with van der Waals surface area (Å²) < 4.78 is 41.8. The van der Waals surface area contributed by atoms with Gasteiger partial charge in [-0.25, -0.2) is 4.79 Å². The normalized spacial score (nSPS) is 42.9. The van der Waals surface area contributed by atoms with Crippen molar-refractivity contribution in [1.29, 1.82) is 0 Å². The maximum absolute atomic E-state index is 14.2. The Bertz CT molecular complexity index is 1850. The Labute approximate surface area is 370 Å². The molecule has 2 aliphatic heterocycles. The van der Waals surface area contributed by atoms with E-state index in [1.54, 1.807) is 19.1 Å². The Kier molecular flexibility index (Phi) is 14.0. The van der Waals surface area contributed by atoms with Crippen LogP contribution >= 0.6 is 0 Å². The third-order valence-corrected chi connectivity index (χ3v) is 16.3. The van der Waals surface area contributed by atoms with Crippen LogP contribution in [0.3, 0.4) is 0 Å². The first-order valence-electron chi connectivity index (χ1n) is 22.9. The van der Waals surface area contributed by atoms with E-state index in [0.717, 1.165) is 25.7 Å². The largest absolute Gasteiger partial charge is 0.497 e. The molecule has 0 amide bonds. The number of aliphatic hydroxyl groups is 5. The van der Waals surface area contributed by atoms with Gasteiger partial charge < -0.3 is 58.7 Å². The van der Waals surface area contributed by atoms with Crippen molar-refractivity contribution in [1.82, 2.24) is 0 Å². The smallest absolute Gasteiger partial charge is 0.338 e. The summed E-state index contributed by atoms with van der Waals surface area (Å²) >= 11 is 0. The van der Waals surface area contributed by atoms with Crippen molar-refractivity contribution in [3.05, 3.63) is 41.5 Å². The molecule has 15 nitrogen and oxygen atoms in total. The standard InChI is InChI=1S/C48H70O15/c1-25(2)9-14-32(51)26(3)48(56)37(22-36-46(6)18-15-29-21-30(50)16-19-45(29,5)35(46)17-20-47(36,48)7)61-44-41(60-27(4)49)39(34(53)24-59-44)63-43-40(38(54)33(52)23-58-43)62-42(55)28-10-12-31(57-8)13-11-28/h10-13,15,25-26,30,33-41,43-44,50,52-54,56H,9,14,16-24H2,1-8H3/t26-,30+,33-,34+,35-,36+,37+,38+,39+,40-,41-,43+,44-,45+,46-,47+,48-/m1/s1. The monoisotopic (exact) mass is 886 g/mol. The van der Waals surface area contributed by atoms with Crippen molar-refractivity contribution < 1.29 is 73.1 Å². The Balaban J connectivity index is 1.20. The maximum Gasteiger partial charge on any atom is 0.338 e. The van der Waals surface area contributed by atoms with Crippen molar-refractivity contribution in [3.8, 4) is 5.75 Å².